The number of hydrogen-bond acceptors (Lipinski definition) is 12. The van der Waals surface area contributed by atoms with Crippen molar-refractivity contribution in [2.45, 2.75) is 308 Å². The average Bonchev–Trinajstić information content (AvgIpc) is 1.69. The number of fused-ring (bicyclic) bond motifs is 25. The summed E-state index contributed by atoms with van der Waals surface area (Å²) >= 11 is 0. The van der Waals surface area contributed by atoms with Crippen LogP contribution in [-0.2, 0) is 47.7 Å². The van der Waals surface area contributed by atoms with Crippen LogP contribution in [0.25, 0.3) is 9.69 Å². The summed E-state index contributed by atoms with van der Waals surface area (Å²) in [5.41, 5.74) is -1.02. The zero-order valence-corrected chi connectivity index (χ0v) is 56.2. The van der Waals surface area contributed by atoms with Crippen LogP contribution in [-0.4, -0.2) is 92.4 Å². The molecule has 10 bridgehead atoms. The summed E-state index contributed by atoms with van der Waals surface area (Å²) in [6.45, 7) is 32.8. The second kappa shape index (κ2) is 26.2. The predicted molar refractivity (Wildman–Crippen MR) is 337 cm³/mol. The number of aliphatic hydroxyl groups is 2. The highest BCUT2D eigenvalue weighted by atomic mass is 16.6. The average molecular weight is 1240 g/mol. The fourth-order valence-corrected chi connectivity index (χ4v) is 25.1. The zero-order chi connectivity index (χ0) is 63.7. The van der Waals surface area contributed by atoms with Gasteiger partial charge in [0.15, 0.2) is 0 Å². The van der Waals surface area contributed by atoms with Gasteiger partial charge in [-0.1, -0.05) is 20.8 Å². The van der Waals surface area contributed by atoms with E-state index in [1.807, 2.05) is 0 Å². The first-order valence-electron chi connectivity index (χ1n) is 36.3. The molecule has 0 radical (unpaired) electrons. The van der Waals surface area contributed by atoms with E-state index >= 15 is 0 Å². The molecule has 14 nitrogen and oxygen atoms in total. The number of rotatable bonds is 8. The summed E-state index contributed by atoms with van der Waals surface area (Å²) < 4.78 is 28.1. The molecule has 0 aromatic rings. The summed E-state index contributed by atoms with van der Waals surface area (Å²) in [7, 11) is 0. The molecule has 29 unspecified atom stereocenters. The van der Waals surface area contributed by atoms with Crippen molar-refractivity contribution in [3.63, 3.8) is 0 Å². The molecule has 496 valence electrons. The number of nitrogens with zero attached hydrogens (tertiary/aromatic N) is 2. The Morgan fingerprint density at radius 2 is 0.640 bits per heavy atom. The Morgan fingerprint density at radius 3 is 0.989 bits per heavy atom. The molecule has 14 heteroatoms. The number of esters is 5. The van der Waals surface area contributed by atoms with E-state index in [0.717, 1.165) is 176 Å². The van der Waals surface area contributed by atoms with Gasteiger partial charge in [0.1, 0.15) is 28.0 Å². The van der Waals surface area contributed by atoms with Gasteiger partial charge in [-0.05, 0) is 294 Å². The molecule has 29 atom stereocenters. The minimum atomic E-state index is -0.248. The lowest BCUT2D eigenvalue weighted by Crippen LogP contribution is -2.45. The smallest absolute Gasteiger partial charge is 0.303 e. The van der Waals surface area contributed by atoms with Crippen molar-refractivity contribution in [1.29, 1.82) is 0 Å². The van der Waals surface area contributed by atoms with Gasteiger partial charge in [-0.3, -0.25) is 24.0 Å². The van der Waals surface area contributed by atoms with Crippen LogP contribution in [0, 0.1) is 132 Å². The molecule has 15 saturated carbocycles. The van der Waals surface area contributed by atoms with Crippen molar-refractivity contribution in [1.82, 2.24) is 0 Å². The van der Waals surface area contributed by atoms with Crippen molar-refractivity contribution in [3.05, 3.63) is 22.8 Å². The highest BCUT2D eigenvalue weighted by molar-refractivity contribution is 5.68. The van der Waals surface area contributed by atoms with E-state index < -0.39 is 0 Å². The molecule has 15 rings (SSSR count). The SMILES string of the molecule is CC(=O)OC1(C)CCC2C3CC(CC3O)C2C1.CCC1(OC(C)=O)CCC2C3CC(CC3O)C2C1.CCC1(OC(C)=O)CCC2C3CCC(C3)C2C1.[C-]#[N+]C1CC2CC1C1CCC(C)(OC(C)=O)CC21.[C-]#[N+]C1CC2CC1C1CCC(CC)(OC(C)=O)CC21. The second-order valence-corrected chi connectivity index (χ2v) is 33.3. The summed E-state index contributed by atoms with van der Waals surface area (Å²) in [5.74, 6) is 13.8. The molecule has 0 aromatic carbocycles. The van der Waals surface area contributed by atoms with Crippen molar-refractivity contribution in [3.8, 4) is 0 Å². The standard InChI is InChI=1S/C16H23NO2.C15H21NO2.C15H24O3.C15H24O2.C14H22O3/c1-4-16(19-10(2)18)6-5-12-13-7-11(14(12)9-16)8-15(13)17-3;1-9(17)18-15(2)5-4-11-12-6-10(13(11)8-15)7-14(12)16-3;1-3-15(18-9(2)16)5-4-11-12-6-10(7-14(12)17)13(11)8-15;1-3-15(17-10(2)16)7-6-13-11-4-5-12(8-11)14(13)9-15;1-8(15)17-14(2)4-3-10-11-5-9(6-13(11)16)12(10)7-14/h11-15H,4-9H2,1-2H3;10-14H,4-8H2,1-2H3;10-14,17H,3-8H2,1-2H3;11-14H,3-9H2,1-2H3;9-13,16H,3-7H2,1-2H3. The van der Waals surface area contributed by atoms with Crippen molar-refractivity contribution in [2.75, 3.05) is 0 Å². The molecule has 15 aliphatic rings. The lowest BCUT2D eigenvalue weighted by molar-refractivity contribution is -0.168. The minimum Gasteiger partial charge on any atom is -0.460 e. The summed E-state index contributed by atoms with van der Waals surface area (Å²) in [4.78, 5) is 64.0. The Labute approximate surface area is 534 Å². The van der Waals surface area contributed by atoms with Crippen molar-refractivity contribution >= 4 is 29.8 Å². The van der Waals surface area contributed by atoms with E-state index in [-0.39, 0.29) is 82.1 Å². The Balaban J connectivity index is 0.000000115. The van der Waals surface area contributed by atoms with Gasteiger partial charge in [0.25, 0.3) is 0 Å². The van der Waals surface area contributed by atoms with Gasteiger partial charge in [-0.25, -0.2) is 13.1 Å². The van der Waals surface area contributed by atoms with Crippen LogP contribution in [0.5, 0.6) is 0 Å². The topological polar surface area (TPSA) is 181 Å². The Hall–Kier alpha value is -3.75. The molecule has 15 aliphatic carbocycles. The first kappa shape index (κ1) is 66.7. The van der Waals surface area contributed by atoms with Crippen LogP contribution in [0.3, 0.4) is 0 Å². The molecule has 0 saturated heterocycles. The van der Waals surface area contributed by atoms with E-state index in [0.29, 0.717) is 76.9 Å². The van der Waals surface area contributed by atoms with E-state index in [9.17, 15) is 34.2 Å². The van der Waals surface area contributed by atoms with Gasteiger partial charge in [0.2, 0.25) is 12.1 Å². The van der Waals surface area contributed by atoms with E-state index in [1.54, 1.807) is 6.92 Å². The predicted octanol–water partition coefficient (Wildman–Crippen LogP) is 14.7. The molecule has 2 N–H and O–H groups in total. The molecule has 15 fully saturated rings. The molecular weight excluding hydrogens is 1120 g/mol. The second-order valence-electron chi connectivity index (χ2n) is 33.3. The third kappa shape index (κ3) is 13.4. The van der Waals surface area contributed by atoms with Crippen LogP contribution < -0.4 is 0 Å². The maximum absolute atomic E-state index is 11.4. The minimum absolute atomic E-state index is 0.0562. The van der Waals surface area contributed by atoms with Crippen LogP contribution >= 0.6 is 0 Å². The quantitative estimate of drug-likeness (QED) is 0.134. The third-order valence-corrected chi connectivity index (χ3v) is 28.6. The monoisotopic (exact) mass is 1230 g/mol. The number of hydrogen-bond donors (Lipinski definition) is 2. The van der Waals surface area contributed by atoms with Gasteiger partial charge in [-0.2, -0.15) is 0 Å². The van der Waals surface area contributed by atoms with E-state index in [4.69, 9.17) is 36.8 Å². The van der Waals surface area contributed by atoms with E-state index in [2.05, 4.69) is 44.3 Å². The lowest BCUT2D eigenvalue weighted by atomic mass is 9.64. The number of ether oxygens (including phenoxy) is 5. The Kier molecular flexibility index (Phi) is 19.6. The molecule has 0 spiro atoms. The normalized spacial score (nSPS) is 49.4. The van der Waals surface area contributed by atoms with Crippen molar-refractivity contribution < 1.29 is 57.9 Å². The summed E-state index contributed by atoms with van der Waals surface area (Å²) in [6.07, 6.45) is 32.3. The van der Waals surface area contributed by atoms with Crippen LogP contribution in [0.1, 0.15) is 255 Å². The fraction of sp³-hybridized carbons (Fsp3) is 0.907. The van der Waals surface area contributed by atoms with Crippen LogP contribution in [0.15, 0.2) is 0 Å². The first-order chi connectivity index (χ1) is 42.3. The first-order valence-corrected chi connectivity index (χ1v) is 36.3. The van der Waals surface area contributed by atoms with Gasteiger partial charge < -0.3 is 43.6 Å². The van der Waals surface area contributed by atoms with Gasteiger partial charge >= 0.3 is 29.8 Å². The summed E-state index contributed by atoms with van der Waals surface area (Å²) in [5, 5.41) is 20.0. The number of carbonyl (C=O) groups is 5. The van der Waals surface area contributed by atoms with Gasteiger partial charge in [0.05, 0.1) is 12.2 Å². The van der Waals surface area contributed by atoms with Gasteiger partial charge in [-0.15, -0.1) is 0 Å². The molecule has 0 aliphatic heterocycles. The molecule has 89 heavy (non-hydrogen) atoms. The lowest BCUT2D eigenvalue weighted by Gasteiger charge is -2.46. The fourth-order valence-electron chi connectivity index (χ4n) is 25.1. The molecular formula is C75H114N2O12. The van der Waals surface area contributed by atoms with Crippen LogP contribution in [0.4, 0.5) is 0 Å². The van der Waals surface area contributed by atoms with Crippen LogP contribution in [0.2, 0.25) is 0 Å². The van der Waals surface area contributed by atoms with Crippen molar-refractivity contribution in [2.24, 2.45) is 118 Å². The molecule has 0 amide bonds. The Bertz CT molecular complexity index is 2690. The zero-order valence-electron chi connectivity index (χ0n) is 56.2. The Morgan fingerprint density at radius 1 is 0.348 bits per heavy atom. The number of carbonyl (C=O) groups excluding carboxylic acids is 5. The van der Waals surface area contributed by atoms with E-state index in [1.165, 1.54) is 79.1 Å². The largest absolute Gasteiger partial charge is 0.460 e. The van der Waals surface area contributed by atoms with Gasteiger partial charge in [0, 0.05) is 59.3 Å². The third-order valence-electron chi connectivity index (χ3n) is 28.6. The molecule has 0 aromatic heterocycles. The molecule has 0 heterocycles. The highest BCUT2D eigenvalue weighted by Gasteiger charge is 2.63. The maximum atomic E-state index is 11.4. The maximum Gasteiger partial charge on any atom is 0.303 e. The highest BCUT2D eigenvalue weighted by Crippen LogP contribution is 2.65. The summed E-state index contributed by atoms with van der Waals surface area (Å²) in [6, 6.07) is 0.573. The number of aliphatic hydroxyl groups excluding tert-OH is 2.